The van der Waals surface area contributed by atoms with Crippen molar-refractivity contribution in [3.8, 4) is 5.69 Å². The number of hydrogen-bond donors (Lipinski definition) is 1. The molecule has 202 valence electrons. The van der Waals surface area contributed by atoms with Gasteiger partial charge >= 0.3 is 0 Å². The molecule has 4 rings (SSSR count). The zero-order valence-corrected chi connectivity index (χ0v) is 23.5. The number of benzene rings is 2. The topological polar surface area (TPSA) is 67.2 Å². The molecule has 0 fully saturated rings. The second-order valence-electron chi connectivity index (χ2n) is 10.7. The summed E-state index contributed by atoms with van der Waals surface area (Å²) in [7, 11) is 0. The van der Waals surface area contributed by atoms with E-state index in [0.717, 1.165) is 29.3 Å². The molecule has 0 spiro atoms. The largest absolute Gasteiger partial charge is 0.355 e. The van der Waals surface area contributed by atoms with E-state index in [4.69, 9.17) is 5.10 Å². The fourth-order valence-corrected chi connectivity index (χ4v) is 5.93. The minimum atomic E-state index is -0.686. The molecule has 1 atom stereocenters. The molecule has 0 unspecified atom stereocenters. The molecule has 0 saturated heterocycles. The highest BCUT2D eigenvalue weighted by Gasteiger charge is 2.40. The van der Waals surface area contributed by atoms with E-state index < -0.39 is 22.3 Å². The van der Waals surface area contributed by atoms with Crippen LogP contribution in [0.4, 0.5) is 14.6 Å². The van der Waals surface area contributed by atoms with Crippen molar-refractivity contribution in [3.63, 3.8) is 0 Å². The first-order chi connectivity index (χ1) is 17.9. The normalized spacial score (nSPS) is 15.8. The fraction of sp³-hybridized carbons (Fsp3) is 0.414. The molecule has 1 aliphatic heterocycles. The molecule has 0 saturated carbocycles. The van der Waals surface area contributed by atoms with Crippen LogP contribution < -0.4 is 10.2 Å². The Labute approximate surface area is 226 Å². The highest BCUT2D eigenvalue weighted by molar-refractivity contribution is 8.00. The standard InChI is InChI=1S/C29H34F2N4O2S/c1-7-12-32-23(36)15-34-24(37)16-38-26(20-10-9-19(30)14-21(20)31)25-27(29(4,5)6)33-35(28(25)34)22-11-8-17(2)13-18(22)3/h8-11,13-14,26H,7,12,15-16H2,1-6H3,(H,32,36)/t26-/m0/s1. The van der Waals surface area contributed by atoms with Crippen LogP contribution in [0.3, 0.4) is 0 Å². The van der Waals surface area contributed by atoms with Gasteiger partial charge in [0.25, 0.3) is 0 Å². The number of hydrogen-bond acceptors (Lipinski definition) is 4. The van der Waals surface area contributed by atoms with Crippen molar-refractivity contribution in [2.45, 2.75) is 58.6 Å². The van der Waals surface area contributed by atoms with E-state index >= 15 is 4.39 Å². The van der Waals surface area contributed by atoms with Crippen LogP contribution >= 0.6 is 11.8 Å². The summed E-state index contributed by atoms with van der Waals surface area (Å²) in [6.07, 6.45) is 0.765. The van der Waals surface area contributed by atoms with Gasteiger partial charge in [-0.3, -0.25) is 14.5 Å². The maximum Gasteiger partial charge on any atom is 0.240 e. The van der Waals surface area contributed by atoms with Crippen molar-refractivity contribution in [1.29, 1.82) is 0 Å². The summed E-state index contributed by atoms with van der Waals surface area (Å²) in [5.74, 6) is -1.45. The van der Waals surface area contributed by atoms with Gasteiger partial charge in [0.1, 0.15) is 24.0 Å². The Morgan fingerprint density at radius 2 is 1.89 bits per heavy atom. The number of aromatic nitrogens is 2. The number of carbonyl (C=O) groups is 2. The maximum atomic E-state index is 15.2. The molecule has 3 aromatic rings. The molecule has 0 bridgehead atoms. The van der Waals surface area contributed by atoms with E-state index in [0.29, 0.717) is 23.6 Å². The van der Waals surface area contributed by atoms with E-state index in [1.807, 2.05) is 59.7 Å². The van der Waals surface area contributed by atoms with Crippen molar-refractivity contribution in [2.24, 2.45) is 0 Å². The predicted molar refractivity (Wildman–Crippen MR) is 148 cm³/mol. The molecule has 1 aliphatic rings. The van der Waals surface area contributed by atoms with Crippen LogP contribution in [0.15, 0.2) is 36.4 Å². The van der Waals surface area contributed by atoms with Gasteiger partial charge in [-0.1, -0.05) is 51.5 Å². The summed E-state index contributed by atoms with van der Waals surface area (Å²) in [6.45, 7) is 12.3. The average Bonchev–Trinajstić information content (AvgIpc) is 3.16. The Balaban J connectivity index is 2.04. The number of thioether (sulfide) groups is 1. The Morgan fingerprint density at radius 3 is 2.53 bits per heavy atom. The first-order valence-electron chi connectivity index (χ1n) is 12.8. The summed E-state index contributed by atoms with van der Waals surface area (Å²) in [4.78, 5) is 28.0. The van der Waals surface area contributed by atoms with Gasteiger partial charge in [-0.05, 0) is 38.0 Å². The second kappa shape index (κ2) is 10.9. The maximum absolute atomic E-state index is 15.2. The smallest absolute Gasteiger partial charge is 0.240 e. The Bertz CT molecular complexity index is 1380. The Hall–Kier alpha value is -3.20. The van der Waals surface area contributed by atoms with Gasteiger partial charge in [-0.15, -0.1) is 11.8 Å². The summed E-state index contributed by atoms with van der Waals surface area (Å²) in [6, 6.07) is 9.46. The van der Waals surface area contributed by atoms with Crippen LogP contribution in [0, 0.1) is 25.5 Å². The number of anilines is 1. The van der Waals surface area contributed by atoms with E-state index in [2.05, 4.69) is 5.32 Å². The molecule has 1 aromatic heterocycles. The van der Waals surface area contributed by atoms with E-state index in [-0.39, 0.29) is 29.7 Å². The third-order valence-corrected chi connectivity index (χ3v) is 7.74. The van der Waals surface area contributed by atoms with Crippen LogP contribution in [0.1, 0.15) is 67.3 Å². The third kappa shape index (κ3) is 5.48. The molecule has 0 radical (unpaired) electrons. The van der Waals surface area contributed by atoms with Crippen LogP contribution in [0.2, 0.25) is 0 Å². The molecule has 2 amide bonds. The van der Waals surface area contributed by atoms with Crippen LogP contribution in [-0.2, 0) is 15.0 Å². The van der Waals surface area contributed by atoms with Crippen molar-refractivity contribution in [1.82, 2.24) is 15.1 Å². The zero-order chi connectivity index (χ0) is 27.8. The van der Waals surface area contributed by atoms with E-state index in [1.165, 1.54) is 28.8 Å². The number of fused-ring (bicyclic) bond motifs is 1. The highest BCUT2D eigenvalue weighted by atomic mass is 32.2. The summed E-state index contributed by atoms with van der Waals surface area (Å²) < 4.78 is 30.8. The summed E-state index contributed by atoms with van der Waals surface area (Å²) >= 11 is 1.26. The minimum absolute atomic E-state index is 0.0215. The van der Waals surface area contributed by atoms with Crippen molar-refractivity contribution < 1.29 is 18.4 Å². The SMILES string of the molecule is CCCNC(=O)CN1C(=O)CS[C@@H](c2ccc(F)cc2F)c2c(C(C)(C)C)nn(-c3ccc(C)cc3C)c21. The van der Waals surface area contributed by atoms with Crippen LogP contribution in [0.5, 0.6) is 0 Å². The quantitative estimate of drug-likeness (QED) is 0.432. The van der Waals surface area contributed by atoms with Gasteiger partial charge in [-0.25, -0.2) is 13.5 Å². The molecule has 0 aliphatic carbocycles. The number of aryl methyl sites for hydroxylation is 2. The van der Waals surface area contributed by atoms with Gasteiger partial charge in [-0.2, -0.15) is 5.10 Å². The highest BCUT2D eigenvalue weighted by Crippen LogP contribution is 2.49. The molecule has 38 heavy (non-hydrogen) atoms. The molecular weight excluding hydrogens is 506 g/mol. The molecular formula is C29H34F2N4O2S. The van der Waals surface area contributed by atoms with Crippen LogP contribution in [-0.4, -0.2) is 40.4 Å². The third-order valence-electron chi connectivity index (χ3n) is 6.50. The molecule has 2 aromatic carbocycles. The van der Waals surface area contributed by atoms with Gasteiger partial charge < -0.3 is 5.32 Å². The predicted octanol–water partition coefficient (Wildman–Crippen LogP) is 5.76. The number of nitrogens with one attached hydrogen (secondary N) is 1. The zero-order valence-electron chi connectivity index (χ0n) is 22.7. The van der Waals surface area contributed by atoms with E-state index in [1.54, 1.807) is 4.68 Å². The number of halogens is 2. The molecule has 2 heterocycles. The van der Waals surface area contributed by atoms with Gasteiger partial charge in [0, 0.05) is 29.2 Å². The molecule has 9 heteroatoms. The monoisotopic (exact) mass is 540 g/mol. The number of carbonyl (C=O) groups excluding carboxylic acids is 2. The Morgan fingerprint density at radius 1 is 1.16 bits per heavy atom. The first-order valence-corrected chi connectivity index (χ1v) is 13.8. The lowest BCUT2D eigenvalue weighted by molar-refractivity contribution is -0.122. The van der Waals surface area contributed by atoms with Gasteiger partial charge in [0.05, 0.1) is 22.4 Å². The number of rotatable bonds is 6. The van der Waals surface area contributed by atoms with Crippen LogP contribution in [0.25, 0.3) is 5.69 Å². The van der Waals surface area contributed by atoms with Gasteiger partial charge in [0.15, 0.2) is 0 Å². The van der Waals surface area contributed by atoms with Gasteiger partial charge in [0.2, 0.25) is 11.8 Å². The molecule has 1 N–H and O–H groups in total. The van der Waals surface area contributed by atoms with E-state index in [9.17, 15) is 14.0 Å². The van der Waals surface area contributed by atoms with Crippen molar-refractivity contribution >= 4 is 29.4 Å². The summed E-state index contributed by atoms with van der Waals surface area (Å²) in [5, 5.41) is 7.25. The lowest BCUT2D eigenvalue weighted by Gasteiger charge is -2.25. The molecule has 6 nitrogen and oxygen atoms in total. The number of amides is 2. The first kappa shape index (κ1) is 27.8. The van der Waals surface area contributed by atoms with Crippen molar-refractivity contribution in [2.75, 3.05) is 23.7 Å². The second-order valence-corrected chi connectivity index (χ2v) is 11.8. The lowest BCUT2D eigenvalue weighted by atomic mass is 9.87. The minimum Gasteiger partial charge on any atom is -0.355 e. The number of nitrogens with zero attached hydrogens (tertiary/aromatic N) is 3. The van der Waals surface area contributed by atoms with Crippen molar-refractivity contribution in [3.05, 3.63) is 76.0 Å². The lowest BCUT2D eigenvalue weighted by Crippen LogP contribution is -2.42. The fourth-order valence-electron chi connectivity index (χ4n) is 4.71. The average molecular weight is 541 g/mol. The summed E-state index contributed by atoms with van der Waals surface area (Å²) in [5.41, 5.74) is 3.92. The Kier molecular flexibility index (Phi) is 7.97.